The van der Waals surface area contributed by atoms with Gasteiger partial charge in [0.1, 0.15) is 18.0 Å². The van der Waals surface area contributed by atoms with Gasteiger partial charge < -0.3 is 24.6 Å². The predicted octanol–water partition coefficient (Wildman–Crippen LogP) is 2.89. The molecule has 0 atom stereocenters. The minimum Gasteiger partial charge on any atom is -0.492 e. The Balaban J connectivity index is 1.71. The quantitative estimate of drug-likeness (QED) is 0.755. The topological polar surface area (TPSA) is 71.1 Å². The first kappa shape index (κ1) is 23.0. The van der Waals surface area contributed by atoms with Crippen LogP contribution in [0.4, 0.5) is 4.79 Å². The summed E-state index contributed by atoms with van der Waals surface area (Å²) in [6.45, 7) is 8.66. The highest BCUT2D eigenvalue weighted by atomic mass is 16.6. The lowest BCUT2D eigenvalue weighted by Crippen LogP contribution is -2.44. The third kappa shape index (κ3) is 8.31. The molecule has 162 valence electrons. The number of carbonyl (C=O) groups is 2. The van der Waals surface area contributed by atoms with Gasteiger partial charge in [-0.15, -0.1) is 0 Å². The maximum absolute atomic E-state index is 12.5. The third-order valence-corrected chi connectivity index (χ3v) is 4.71. The van der Waals surface area contributed by atoms with Gasteiger partial charge in [-0.2, -0.15) is 0 Å². The van der Waals surface area contributed by atoms with E-state index in [9.17, 15) is 9.59 Å². The Morgan fingerprint density at radius 2 is 1.76 bits per heavy atom. The molecule has 1 aromatic carbocycles. The first-order chi connectivity index (χ1) is 13.6. The van der Waals surface area contributed by atoms with Crippen LogP contribution in [0.15, 0.2) is 24.3 Å². The molecule has 0 spiro atoms. The van der Waals surface area contributed by atoms with Gasteiger partial charge in [-0.05, 0) is 65.4 Å². The van der Waals surface area contributed by atoms with Gasteiger partial charge in [-0.1, -0.05) is 12.1 Å². The Morgan fingerprint density at radius 3 is 2.31 bits per heavy atom. The van der Waals surface area contributed by atoms with E-state index in [-0.39, 0.29) is 17.9 Å². The summed E-state index contributed by atoms with van der Waals surface area (Å²) in [5.74, 6) is 0.805. The molecular formula is C22H35N3O4. The molecule has 2 amide bonds. The van der Waals surface area contributed by atoms with Crippen molar-refractivity contribution in [2.75, 3.05) is 40.3 Å². The van der Waals surface area contributed by atoms with E-state index in [2.05, 4.69) is 10.2 Å². The van der Waals surface area contributed by atoms with Crippen molar-refractivity contribution in [2.24, 2.45) is 5.92 Å². The molecular weight excluding hydrogens is 370 g/mol. The van der Waals surface area contributed by atoms with Crippen LogP contribution >= 0.6 is 0 Å². The van der Waals surface area contributed by atoms with Crippen LogP contribution in [0.2, 0.25) is 0 Å². The molecule has 1 fully saturated rings. The number of likely N-dealkylation sites (N-methyl/N-ethyl adjacent to an activating group) is 1. The summed E-state index contributed by atoms with van der Waals surface area (Å²) in [6.07, 6.45) is 1.01. The molecule has 0 aliphatic carbocycles. The summed E-state index contributed by atoms with van der Waals surface area (Å²) in [7, 11) is 4.02. The van der Waals surface area contributed by atoms with Crippen molar-refractivity contribution in [3.63, 3.8) is 0 Å². The van der Waals surface area contributed by atoms with Crippen molar-refractivity contribution < 1.29 is 19.1 Å². The highest BCUT2D eigenvalue weighted by Crippen LogP contribution is 2.20. The number of amides is 2. The van der Waals surface area contributed by atoms with Crippen LogP contribution < -0.4 is 10.1 Å². The molecule has 0 saturated carbocycles. The molecule has 2 rings (SSSR count). The van der Waals surface area contributed by atoms with Gasteiger partial charge in [0, 0.05) is 32.1 Å². The molecule has 1 aliphatic rings. The van der Waals surface area contributed by atoms with Crippen molar-refractivity contribution in [3.8, 4) is 5.75 Å². The first-order valence-corrected chi connectivity index (χ1v) is 10.3. The van der Waals surface area contributed by atoms with Gasteiger partial charge >= 0.3 is 6.09 Å². The Bertz CT molecular complexity index is 660. The fourth-order valence-electron chi connectivity index (χ4n) is 3.03. The highest BCUT2D eigenvalue weighted by Gasteiger charge is 2.29. The molecule has 0 unspecified atom stereocenters. The molecule has 1 N–H and O–H groups in total. The number of hydrogen-bond donors (Lipinski definition) is 1. The van der Waals surface area contributed by atoms with Crippen molar-refractivity contribution in [3.05, 3.63) is 29.8 Å². The average Bonchev–Trinajstić information content (AvgIpc) is 2.65. The van der Waals surface area contributed by atoms with E-state index in [4.69, 9.17) is 9.47 Å². The number of benzene rings is 1. The molecule has 29 heavy (non-hydrogen) atoms. The largest absolute Gasteiger partial charge is 0.492 e. The van der Waals surface area contributed by atoms with Crippen molar-refractivity contribution in [1.82, 2.24) is 15.1 Å². The number of piperidine rings is 1. The molecule has 0 bridgehead atoms. The summed E-state index contributed by atoms with van der Waals surface area (Å²) < 4.78 is 11.1. The van der Waals surface area contributed by atoms with Gasteiger partial charge in [0.25, 0.3) is 0 Å². The smallest absolute Gasteiger partial charge is 0.410 e. The number of nitrogens with one attached hydrogen (secondary N) is 1. The maximum Gasteiger partial charge on any atom is 0.410 e. The Kier molecular flexibility index (Phi) is 8.32. The Morgan fingerprint density at radius 1 is 1.14 bits per heavy atom. The van der Waals surface area contributed by atoms with Crippen LogP contribution in [0, 0.1) is 5.92 Å². The third-order valence-electron chi connectivity index (χ3n) is 4.71. The van der Waals surface area contributed by atoms with Gasteiger partial charge in [-0.3, -0.25) is 4.79 Å². The summed E-state index contributed by atoms with van der Waals surface area (Å²) >= 11 is 0. The lowest BCUT2D eigenvalue weighted by Gasteiger charge is -2.32. The van der Waals surface area contributed by atoms with E-state index in [0.29, 0.717) is 39.1 Å². The van der Waals surface area contributed by atoms with E-state index in [1.165, 1.54) is 0 Å². The van der Waals surface area contributed by atoms with Crippen LogP contribution in [0.5, 0.6) is 5.75 Å². The monoisotopic (exact) mass is 405 g/mol. The lowest BCUT2D eigenvalue weighted by atomic mass is 9.96. The molecule has 1 saturated heterocycles. The Hall–Kier alpha value is -2.28. The average molecular weight is 406 g/mol. The number of carbonyl (C=O) groups excluding carboxylic acids is 2. The lowest BCUT2D eigenvalue weighted by molar-refractivity contribution is -0.126. The summed E-state index contributed by atoms with van der Waals surface area (Å²) in [5, 5.41) is 3.01. The minimum atomic E-state index is -0.502. The summed E-state index contributed by atoms with van der Waals surface area (Å²) in [5.41, 5.74) is 0.530. The molecule has 0 radical (unpaired) electrons. The van der Waals surface area contributed by atoms with E-state index < -0.39 is 5.60 Å². The second kappa shape index (κ2) is 10.5. The molecule has 0 aromatic heterocycles. The van der Waals surface area contributed by atoms with Crippen molar-refractivity contribution in [2.45, 2.75) is 45.8 Å². The number of ether oxygens (including phenoxy) is 2. The second-order valence-corrected chi connectivity index (χ2v) is 8.76. The van der Waals surface area contributed by atoms with Crippen LogP contribution in [0.25, 0.3) is 0 Å². The summed E-state index contributed by atoms with van der Waals surface area (Å²) in [4.78, 5) is 28.3. The minimum absolute atomic E-state index is 0.0418. The molecule has 1 aromatic rings. The number of nitrogens with zero attached hydrogens (tertiary/aromatic N) is 2. The predicted molar refractivity (Wildman–Crippen MR) is 113 cm³/mol. The van der Waals surface area contributed by atoms with Crippen LogP contribution in [-0.2, 0) is 16.1 Å². The zero-order valence-corrected chi connectivity index (χ0v) is 18.4. The second-order valence-electron chi connectivity index (χ2n) is 8.76. The molecule has 7 heteroatoms. The van der Waals surface area contributed by atoms with E-state index in [1.54, 1.807) is 4.90 Å². The van der Waals surface area contributed by atoms with Crippen LogP contribution in [-0.4, -0.2) is 67.7 Å². The van der Waals surface area contributed by atoms with E-state index >= 15 is 0 Å². The van der Waals surface area contributed by atoms with Crippen LogP contribution in [0.3, 0.4) is 0 Å². The van der Waals surface area contributed by atoms with E-state index in [0.717, 1.165) is 17.9 Å². The van der Waals surface area contributed by atoms with Crippen LogP contribution in [0.1, 0.15) is 39.2 Å². The van der Waals surface area contributed by atoms with Gasteiger partial charge in [0.05, 0.1) is 0 Å². The fourth-order valence-corrected chi connectivity index (χ4v) is 3.03. The molecule has 7 nitrogen and oxygen atoms in total. The van der Waals surface area contributed by atoms with Crippen molar-refractivity contribution >= 4 is 12.0 Å². The molecule has 1 heterocycles. The Labute approximate surface area is 174 Å². The standard InChI is InChI=1S/C22H35N3O4/c1-22(2,3)29-21(27)25-12-10-18(11-13-25)20(26)23-16-17-6-8-19(9-7-17)28-15-14-24(4)5/h6-9,18H,10-16H2,1-5H3,(H,23,26). The van der Waals surface area contributed by atoms with E-state index in [1.807, 2.05) is 59.1 Å². The van der Waals surface area contributed by atoms with Gasteiger partial charge in [-0.25, -0.2) is 4.79 Å². The number of rotatable bonds is 7. The van der Waals surface area contributed by atoms with Gasteiger partial charge in [0.2, 0.25) is 5.91 Å². The molecule has 1 aliphatic heterocycles. The number of likely N-dealkylation sites (tertiary alicyclic amines) is 1. The first-order valence-electron chi connectivity index (χ1n) is 10.3. The summed E-state index contributed by atoms with van der Waals surface area (Å²) in [6, 6.07) is 7.79. The SMILES string of the molecule is CN(C)CCOc1ccc(CNC(=O)C2CCN(C(=O)OC(C)(C)C)CC2)cc1. The normalized spacial score (nSPS) is 15.3. The highest BCUT2D eigenvalue weighted by molar-refractivity contribution is 5.79. The van der Waals surface area contributed by atoms with Gasteiger partial charge in [0.15, 0.2) is 0 Å². The fraction of sp³-hybridized carbons (Fsp3) is 0.636. The number of hydrogen-bond acceptors (Lipinski definition) is 5. The zero-order valence-electron chi connectivity index (χ0n) is 18.4. The zero-order chi connectivity index (χ0) is 21.4. The van der Waals surface area contributed by atoms with Crippen molar-refractivity contribution in [1.29, 1.82) is 0 Å². The maximum atomic E-state index is 12.5.